The van der Waals surface area contributed by atoms with Gasteiger partial charge >= 0.3 is 0 Å². The quantitative estimate of drug-likeness (QED) is 0.581. The first-order chi connectivity index (χ1) is 16.1. The first kappa shape index (κ1) is 21.3. The topological polar surface area (TPSA) is 71.8 Å². The lowest BCUT2D eigenvalue weighted by molar-refractivity contribution is -0.119. The second kappa shape index (κ2) is 9.14. The Morgan fingerprint density at radius 2 is 1.76 bits per heavy atom. The molecule has 2 amide bonds. The monoisotopic (exact) mass is 444 g/mol. The maximum Gasteiger partial charge on any atom is 0.254 e. The van der Waals surface area contributed by atoms with Crippen molar-refractivity contribution in [3.63, 3.8) is 0 Å². The molecule has 3 aromatic rings. The minimum absolute atomic E-state index is 0.00779. The number of methoxy groups -OCH3 is 1. The molecule has 0 saturated heterocycles. The molecule has 170 valence electrons. The molecule has 1 aliphatic carbocycles. The lowest BCUT2D eigenvalue weighted by atomic mass is 10.1. The molecule has 5 rings (SSSR count). The maximum atomic E-state index is 12.9. The Bertz CT molecular complexity index is 1140. The van der Waals surface area contributed by atoms with Gasteiger partial charge in [0.15, 0.2) is 0 Å². The Morgan fingerprint density at radius 1 is 1.03 bits per heavy atom. The van der Waals surface area contributed by atoms with Gasteiger partial charge in [-0.25, -0.2) is 0 Å². The Labute approximate surface area is 193 Å². The number of anilines is 1. The highest BCUT2D eigenvalue weighted by Crippen LogP contribution is 2.31. The number of benzene rings is 2. The number of furan rings is 1. The highest BCUT2D eigenvalue weighted by atomic mass is 16.5. The molecule has 0 bridgehead atoms. The molecule has 1 N–H and O–H groups in total. The molecule has 2 heterocycles. The molecule has 2 aromatic carbocycles. The molecule has 6 heteroatoms. The largest absolute Gasteiger partial charge is 0.497 e. The van der Waals surface area contributed by atoms with Crippen molar-refractivity contribution in [3.8, 4) is 17.1 Å². The van der Waals surface area contributed by atoms with Gasteiger partial charge < -0.3 is 19.4 Å². The Balaban J connectivity index is 1.25. The van der Waals surface area contributed by atoms with Crippen molar-refractivity contribution in [2.24, 2.45) is 5.92 Å². The second-order valence-corrected chi connectivity index (χ2v) is 8.81. The summed E-state index contributed by atoms with van der Waals surface area (Å²) in [7, 11) is 1.61. The molecule has 1 fully saturated rings. The van der Waals surface area contributed by atoms with Crippen molar-refractivity contribution in [3.05, 3.63) is 71.5 Å². The number of nitrogens with one attached hydrogen (secondary N) is 1. The molecular formula is C27H28N2O4. The average molecular weight is 445 g/mol. The van der Waals surface area contributed by atoms with E-state index in [1.807, 2.05) is 35.2 Å². The standard InChI is InChI=1S/C27H28N2O4/c1-32-23-12-8-20(9-13-23)27(31)29-15-14-24-21(17-29)16-25(33-24)18-6-10-22(11-7-18)28-26(30)19-4-2-3-5-19/h6-13,16,19H,2-5,14-15,17H2,1H3,(H,28,30). The minimum atomic E-state index is 0.00779. The maximum absolute atomic E-state index is 12.9. The van der Waals surface area contributed by atoms with Crippen LogP contribution in [-0.4, -0.2) is 30.4 Å². The van der Waals surface area contributed by atoms with Crippen molar-refractivity contribution < 1.29 is 18.7 Å². The molecule has 0 spiro atoms. The van der Waals surface area contributed by atoms with Gasteiger partial charge in [0.05, 0.1) is 7.11 Å². The van der Waals surface area contributed by atoms with E-state index >= 15 is 0 Å². The predicted octanol–water partition coefficient (Wildman–Crippen LogP) is 5.28. The van der Waals surface area contributed by atoms with Crippen molar-refractivity contribution >= 4 is 17.5 Å². The third-order valence-electron chi connectivity index (χ3n) is 6.65. The Hall–Kier alpha value is -3.54. The summed E-state index contributed by atoms with van der Waals surface area (Å²) in [5, 5.41) is 3.03. The summed E-state index contributed by atoms with van der Waals surface area (Å²) in [6.07, 6.45) is 4.94. The van der Waals surface area contributed by atoms with Crippen LogP contribution in [0.15, 0.2) is 59.0 Å². The number of hydrogen-bond acceptors (Lipinski definition) is 4. The van der Waals surface area contributed by atoms with Crippen molar-refractivity contribution in [1.29, 1.82) is 0 Å². The summed E-state index contributed by atoms with van der Waals surface area (Å²) in [6.45, 7) is 1.15. The Morgan fingerprint density at radius 3 is 2.45 bits per heavy atom. The van der Waals surface area contributed by atoms with Gasteiger partial charge in [-0.1, -0.05) is 12.8 Å². The minimum Gasteiger partial charge on any atom is -0.497 e. The van der Waals surface area contributed by atoms with Crippen LogP contribution in [-0.2, 0) is 17.8 Å². The summed E-state index contributed by atoms with van der Waals surface area (Å²) < 4.78 is 11.3. The third kappa shape index (κ3) is 4.51. The fourth-order valence-corrected chi connectivity index (χ4v) is 4.71. The van der Waals surface area contributed by atoms with Crippen molar-refractivity contribution in [2.75, 3.05) is 19.0 Å². The van der Waals surface area contributed by atoms with Crippen LogP contribution in [0.1, 0.15) is 47.4 Å². The van der Waals surface area contributed by atoms with Gasteiger partial charge in [-0.05, 0) is 67.4 Å². The zero-order valence-electron chi connectivity index (χ0n) is 18.8. The third-order valence-corrected chi connectivity index (χ3v) is 6.65. The first-order valence-corrected chi connectivity index (χ1v) is 11.6. The van der Waals surface area contributed by atoms with E-state index in [-0.39, 0.29) is 17.7 Å². The molecule has 0 atom stereocenters. The highest BCUT2D eigenvalue weighted by Gasteiger charge is 2.26. The molecule has 1 saturated carbocycles. The fourth-order valence-electron chi connectivity index (χ4n) is 4.71. The summed E-state index contributed by atoms with van der Waals surface area (Å²) in [5.74, 6) is 2.72. The number of hydrogen-bond donors (Lipinski definition) is 1. The zero-order valence-corrected chi connectivity index (χ0v) is 18.8. The van der Waals surface area contributed by atoms with E-state index in [4.69, 9.17) is 9.15 Å². The number of carbonyl (C=O) groups excluding carboxylic acids is 2. The second-order valence-electron chi connectivity index (χ2n) is 8.81. The van der Waals surface area contributed by atoms with Crippen LogP contribution in [0.4, 0.5) is 5.69 Å². The summed E-state index contributed by atoms with van der Waals surface area (Å²) in [6, 6.07) is 17.0. The van der Waals surface area contributed by atoms with Crippen molar-refractivity contribution in [1.82, 2.24) is 4.90 Å². The van der Waals surface area contributed by atoms with E-state index in [9.17, 15) is 9.59 Å². The van der Waals surface area contributed by atoms with Crippen molar-refractivity contribution in [2.45, 2.75) is 38.6 Å². The number of ether oxygens (including phenoxy) is 1. The smallest absolute Gasteiger partial charge is 0.254 e. The van der Waals surface area contributed by atoms with Gasteiger partial charge in [-0.3, -0.25) is 9.59 Å². The number of carbonyl (C=O) groups is 2. The number of rotatable bonds is 5. The highest BCUT2D eigenvalue weighted by molar-refractivity contribution is 5.94. The molecule has 1 aliphatic heterocycles. The van der Waals surface area contributed by atoms with Crippen LogP contribution in [0.2, 0.25) is 0 Å². The van der Waals surface area contributed by atoms with E-state index in [1.54, 1.807) is 31.4 Å². The molecule has 0 radical (unpaired) electrons. The van der Waals surface area contributed by atoms with Crippen LogP contribution in [0, 0.1) is 5.92 Å². The van der Waals surface area contributed by atoms with Crippen LogP contribution in [0.25, 0.3) is 11.3 Å². The predicted molar refractivity (Wildman–Crippen MR) is 126 cm³/mol. The molecule has 6 nitrogen and oxygen atoms in total. The molecular weight excluding hydrogens is 416 g/mol. The molecule has 1 aromatic heterocycles. The molecule has 0 unspecified atom stereocenters. The van der Waals surface area contributed by atoms with E-state index < -0.39 is 0 Å². The average Bonchev–Trinajstić information content (AvgIpc) is 3.54. The van der Waals surface area contributed by atoms with Gasteiger partial charge in [0, 0.05) is 47.8 Å². The van der Waals surface area contributed by atoms with E-state index in [1.165, 1.54) is 0 Å². The summed E-state index contributed by atoms with van der Waals surface area (Å²) >= 11 is 0. The van der Waals surface area contributed by atoms with Gasteiger partial charge in [0.25, 0.3) is 5.91 Å². The van der Waals surface area contributed by atoms with Gasteiger partial charge in [-0.15, -0.1) is 0 Å². The van der Waals surface area contributed by atoms with Gasteiger partial charge in [-0.2, -0.15) is 0 Å². The van der Waals surface area contributed by atoms with Crippen LogP contribution < -0.4 is 10.1 Å². The number of fused-ring (bicyclic) bond motifs is 1. The molecule has 33 heavy (non-hydrogen) atoms. The number of nitrogens with zero attached hydrogens (tertiary/aromatic N) is 1. The zero-order chi connectivity index (χ0) is 22.8. The van der Waals surface area contributed by atoms with E-state index in [0.717, 1.165) is 59.8 Å². The van der Waals surface area contributed by atoms with Crippen LogP contribution in [0.5, 0.6) is 5.75 Å². The normalized spacial score (nSPS) is 15.8. The fraction of sp³-hybridized carbons (Fsp3) is 0.333. The van der Waals surface area contributed by atoms with Crippen LogP contribution >= 0.6 is 0 Å². The Kier molecular flexibility index (Phi) is 5.90. The van der Waals surface area contributed by atoms with Gasteiger partial charge in [0.1, 0.15) is 17.3 Å². The first-order valence-electron chi connectivity index (χ1n) is 11.6. The lowest BCUT2D eigenvalue weighted by Gasteiger charge is -2.26. The summed E-state index contributed by atoms with van der Waals surface area (Å²) in [5.41, 5.74) is 3.45. The van der Waals surface area contributed by atoms with E-state index in [0.29, 0.717) is 25.1 Å². The summed E-state index contributed by atoms with van der Waals surface area (Å²) in [4.78, 5) is 27.1. The molecule has 2 aliphatic rings. The lowest BCUT2D eigenvalue weighted by Crippen LogP contribution is -2.35. The van der Waals surface area contributed by atoms with Gasteiger partial charge in [0.2, 0.25) is 5.91 Å². The number of amides is 2. The van der Waals surface area contributed by atoms with Crippen LogP contribution in [0.3, 0.4) is 0 Å². The SMILES string of the molecule is COc1ccc(C(=O)N2CCc3oc(-c4ccc(NC(=O)C5CCCC5)cc4)cc3C2)cc1. The van der Waals surface area contributed by atoms with E-state index in [2.05, 4.69) is 5.32 Å².